The summed E-state index contributed by atoms with van der Waals surface area (Å²) in [6, 6.07) is 12.8. The number of carbonyl (C=O) groups is 1. The summed E-state index contributed by atoms with van der Waals surface area (Å²) < 4.78 is 1.08. The van der Waals surface area contributed by atoms with E-state index in [2.05, 4.69) is 15.2 Å². The zero-order valence-corrected chi connectivity index (χ0v) is 16.1. The third-order valence-electron chi connectivity index (χ3n) is 4.29. The Hall–Kier alpha value is -2.02. The van der Waals surface area contributed by atoms with Gasteiger partial charge in [-0.1, -0.05) is 46.7 Å². The Morgan fingerprint density at radius 2 is 1.85 bits per heavy atom. The lowest BCUT2D eigenvalue weighted by Gasteiger charge is -2.34. The van der Waals surface area contributed by atoms with E-state index in [1.54, 1.807) is 28.4 Å². The van der Waals surface area contributed by atoms with Crippen molar-refractivity contribution in [2.24, 2.45) is 0 Å². The lowest BCUT2D eigenvalue weighted by molar-refractivity contribution is 0.208. The molecule has 1 aromatic heterocycles. The second kappa shape index (κ2) is 7.31. The highest BCUT2D eigenvalue weighted by atomic mass is 35.5. The number of anilines is 2. The summed E-state index contributed by atoms with van der Waals surface area (Å²) in [7, 11) is 0. The summed E-state index contributed by atoms with van der Waals surface area (Å²) >= 11 is 13.8. The number of amides is 2. The summed E-state index contributed by atoms with van der Waals surface area (Å²) in [5.41, 5.74) is 1.58. The molecule has 8 heteroatoms. The molecule has 1 aliphatic rings. The summed E-state index contributed by atoms with van der Waals surface area (Å²) in [6.07, 6.45) is 0. The van der Waals surface area contributed by atoms with Crippen molar-refractivity contribution in [2.75, 3.05) is 36.4 Å². The quantitative estimate of drug-likeness (QED) is 0.654. The van der Waals surface area contributed by atoms with Crippen molar-refractivity contribution in [3.05, 3.63) is 52.5 Å². The Morgan fingerprint density at radius 3 is 2.62 bits per heavy atom. The first kappa shape index (κ1) is 17.4. The molecule has 0 saturated carbocycles. The van der Waals surface area contributed by atoms with Crippen molar-refractivity contribution in [1.29, 1.82) is 0 Å². The van der Waals surface area contributed by atoms with Crippen molar-refractivity contribution < 1.29 is 4.79 Å². The van der Waals surface area contributed by atoms with Gasteiger partial charge in [0.05, 0.1) is 20.9 Å². The summed E-state index contributed by atoms with van der Waals surface area (Å²) in [5.74, 6) is 0. The lowest BCUT2D eigenvalue weighted by atomic mass is 10.3. The predicted octanol–water partition coefficient (Wildman–Crippen LogP) is 4.96. The van der Waals surface area contributed by atoms with Gasteiger partial charge in [-0.2, -0.15) is 0 Å². The Balaban J connectivity index is 1.40. The predicted molar refractivity (Wildman–Crippen MR) is 109 cm³/mol. The van der Waals surface area contributed by atoms with E-state index in [4.69, 9.17) is 23.2 Å². The maximum atomic E-state index is 12.5. The van der Waals surface area contributed by atoms with Gasteiger partial charge in [0.1, 0.15) is 0 Å². The van der Waals surface area contributed by atoms with E-state index in [1.807, 2.05) is 30.3 Å². The maximum absolute atomic E-state index is 12.5. The number of urea groups is 1. The molecule has 5 nitrogen and oxygen atoms in total. The van der Waals surface area contributed by atoms with E-state index in [1.165, 1.54) is 0 Å². The molecule has 0 radical (unpaired) electrons. The van der Waals surface area contributed by atoms with Crippen LogP contribution in [0.5, 0.6) is 0 Å². The highest BCUT2D eigenvalue weighted by Crippen LogP contribution is 2.31. The van der Waals surface area contributed by atoms with Gasteiger partial charge in [0, 0.05) is 31.2 Å². The number of carbonyl (C=O) groups excluding carboxylic acids is 1. The molecule has 26 heavy (non-hydrogen) atoms. The highest BCUT2D eigenvalue weighted by molar-refractivity contribution is 7.22. The molecular formula is C18H16Cl2N4OS. The number of thiazole rings is 1. The smallest absolute Gasteiger partial charge is 0.322 e. The van der Waals surface area contributed by atoms with Gasteiger partial charge in [0.2, 0.25) is 0 Å². The molecule has 2 heterocycles. The Bertz CT molecular complexity index is 953. The Kier molecular flexibility index (Phi) is 4.89. The topological polar surface area (TPSA) is 48.5 Å². The van der Waals surface area contributed by atoms with Gasteiger partial charge in [-0.25, -0.2) is 9.78 Å². The van der Waals surface area contributed by atoms with Crippen molar-refractivity contribution in [1.82, 2.24) is 9.88 Å². The van der Waals surface area contributed by atoms with Crippen LogP contribution >= 0.6 is 34.5 Å². The minimum atomic E-state index is -0.131. The zero-order chi connectivity index (χ0) is 18.1. The number of hydrogen-bond donors (Lipinski definition) is 1. The van der Waals surface area contributed by atoms with Crippen LogP contribution in [0.1, 0.15) is 0 Å². The lowest BCUT2D eigenvalue weighted by Crippen LogP contribution is -2.50. The first-order valence-electron chi connectivity index (χ1n) is 8.22. The molecule has 0 spiro atoms. The third-order valence-corrected chi connectivity index (χ3v) is 5.94. The van der Waals surface area contributed by atoms with Gasteiger partial charge < -0.3 is 15.1 Å². The van der Waals surface area contributed by atoms with Crippen LogP contribution in [0.2, 0.25) is 10.0 Å². The van der Waals surface area contributed by atoms with Gasteiger partial charge in [0.25, 0.3) is 0 Å². The summed E-state index contributed by atoms with van der Waals surface area (Å²) in [6.45, 7) is 2.74. The van der Waals surface area contributed by atoms with Crippen LogP contribution in [0.25, 0.3) is 10.2 Å². The number of benzene rings is 2. The minimum Gasteiger partial charge on any atom is -0.345 e. The van der Waals surface area contributed by atoms with E-state index in [0.717, 1.165) is 28.4 Å². The van der Waals surface area contributed by atoms with Gasteiger partial charge >= 0.3 is 6.03 Å². The fourth-order valence-electron chi connectivity index (χ4n) is 2.88. The molecule has 2 aromatic carbocycles. The minimum absolute atomic E-state index is 0.131. The maximum Gasteiger partial charge on any atom is 0.322 e. The van der Waals surface area contributed by atoms with Crippen LogP contribution in [-0.4, -0.2) is 42.1 Å². The molecule has 1 fully saturated rings. The van der Waals surface area contributed by atoms with Crippen molar-refractivity contribution in [3.8, 4) is 0 Å². The molecule has 3 aromatic rings. The number of para-hydroxylation sites is 1. The van der Waals surface area contributed by atoms with Crippen LogP contribution in [0.4, 0.5) is 15.6 Å². The molecule has 0 aliphatic carbocycles. The van der Waals surface area contributed by atoms with Crippen LogP contribution in [-0.2, 0) is 0 Å². The average Bonchev–Trinajstić information content (AvgIpc) is 3.07. The van der Waals surface area contributed by atoms with Crippen LogP contribution in [0, 0.1) is 0 Å². The third kappa shape index (κ3) is 3.58. The number of fused-ring (bicyclic) bond motifs is 1. The number of aromatic nitrogens is 1. The Morgan fingerprint density at radius 1 is 1.08 bits per heavy atom. The fourth-order valence-corrected chi connectivity index (χ4v) is 4.36. The second-order valence-electron chi connectivity index (χ2n) is 5.99. The molecule has 0 unspecified atom stereocenters. The molecule has 0 bridgehead atoms. The standard InChI is InChI=1S/C18H16Cl2N4OS/c19-12-5-6-15-16(11-12)26-18(22-15)24-9-7-23(8-10-24)17(25)21-14-4-2-1-3-13(14)20/h1-6,11H,7-10H2,(H,21,25). The average molecular weight is 407 g/mol. The monoisotopic (exact) mass is 406 g/mol. The largest absolute Gasteiger partial charge is 0.345 e. The molecule has 134 valence electrons. The van der Waals surface area contributed by atoms with Crippen molar-refractivity contribution in [2.45, 2.75) is 0 Å². The van der Waals surface area contributed by atoms with Crippen LogP contribution in [0.3, 0.4) is 0 Å². The van der Waals surface area contributed by atoms with E-state index < -0.39 is 0 Å². The first-order valence-corrected chi connectivity index (χ1v) is 9.79. The van der Waals surface area contributed by atoms with Gasteiger partial charge in [-0.3, -0.25) is 0 Å². The molecular weight excluding hydrogens is 391 g/mol. The van der Waals surface area contributed by atoms with Crippen LogP contribution in [0.15, 0.2) is 42.5 Å². The molecule has 1 saturated heterocycles. The second-order valence-corrected chi connectivity index (χ2v) is 7.85. The van der Waals surface area contributed by atoms with Gasteiger partial charge in [-0.15, -0.1) is 0 Å². The summed E-state index contributed by atoms with van der Waals surface area (Å²) in [5, 5.41) is 5.09. The summed E-state index contributed by atoms with van der Waals surface area (Å²) in [4.78, 5) is 21.1. The zero-order valence-electron chi connectivity index (χ0n) is 13.8. The molecule has 0 atom stereocenters. The molecule has 4 rings (SSSR count). The number of nitrogens with one attached hydrogen (secondary N) is 1. The number of rotatable bonds is 2. The normalized spacial score (nSPS) is 14.7. The van der Waals surface area contributed by atoms with Crippen molar-refractivity contribution in [3.63, 3.8) is 0 Å². The molecule has 1 aliphatic heterocycles. The number of piperazine rings is 1. The number of hydrogen-bond acceptors (Lipinski definition) is 4. The van der Waals surface area contributed by atoms with Gasteiger partial charge in [0.15, 0.2) is 5.13 Å². The SMILES string of the molecule is O=C(Nc1ccccc1Cl)N1CCN(c2nc3ccc(Cl)cc3s2)CC1. The van der Waals surface area contributed by atoms with E-state index in [-0.39, 0.29) is 6.03 Å². The highest BCUT2D eigenvalue weighted by Gasteiger charge is 2.23. The molecule has 1 N–H and O–H groups in total. The van der Waals surface area contributed by atoms with Crippen LogP contribution < -0.4 is 10.2 Å². The number of halogens is 2. The first-order chi connectivity index (χ1) is 12.6. The van der Waals surface area contributed by atoms with Gasteiger partial charge in [-0.05, 0) is 30.3 Å². The van der Waals surface area contributed by atoms with E-state index in [9.17, 15) is 4.79 Å². The molecule has 2 amide bonds. The van der Waals surface area contributed by atoms with E-state index >= 15 is 0 Å². The van der Waals surface area contributed by atoms with Crippen molar-refractivity contribution >= 4 is 61.6 Å². The Labute approximate surface area is 165 Å². The fraction of sp³-hybridized carbons (Fsp3) is 0.222. The number of nitrogens with zero attached hydrogens (tertiary/aromatic N) is 3. The van der Waals surface area contributed by atoms with E-state index in [0.29, 0.717) is 28.8 Å².